The van der Waals surface area contributed by atoms with Crippen molar-refractivity contribution in [3.05, 3.63) is 35.9 Å². The zero-order valence-electron chi connectivity index (χ0n) is 11.4. The topological polar surface area (TPSA) is 55.1 Å². The molecule has 18 heavy (non-hydrogen) atoms. The quantitative estimate of drug-likeness (QED) is 0.692. The maximum Gasteiger partial charge on any atom is 0.224 e. The fraction of sp³-hybridized carbons (Fsp3) is 0.533. The molecule has 0 bridgehead atoms. The van der Waals surface area contributed by atoms with Gasteiger partial charge < -0.3 is 11.1 Å². The van der Waals surface area contributed by atoms with E-state index in [-0.39, 0.29) is 5.91 Å². The molecule has 0 atom stereocenters. The molecule has 0 heterocycles. The molecular weight excluding hydrogens is 224 g/mol. The molecule has 3 heteroatoms. The Morgan fingerprint density at radius 3 is 2.50 bits per heavy atom. The van der Waals surface area contributed by atoms with Crippen LogP contribution in [0.25, 0.3) is 0 Å². The lowest BCUT2D eigenvalue weighted by atomic mass is 9.93. The zero-order chi connectivity index (χ0) is 13.4. The van der Waals surface area contributed by atoms with E-state index in [0.29, 0.717) is 6.54 Å². The molecule has 0 aliphatic heterocycles. The molecular formula is C15H24N2O. The minimum absolute atomic E-state index is 0.251. The van der Waals surface area contributed by atoms with E-state index in [1.165, 1.54) is 5.56 Å². The highest BCUT2D eigenvalue weighted by Gasteiger charge is 2.23. The van der Waals surface area contributed by atoms with Gasteiger partial charge in [0.05, 0.1) is 5.41 Å². The fourth-order valence-electron chi connectivity index (χ4n) is 1.71. The Balaban J connectivity index is 2.08. The second-order valence-electron chi connectivity index (χ2n) is 5.37. The van der Waals surface area contributed by atoms with Crippen molar-refractivity contribution in [3.63, 3.8) is 0 Å². The number of primary amides is 1. The summed E-state index contributed by atoms with van der Waals surface area (Å²) in [6.45, 7) is 5.32. The van der Waals surface area contributed by atoms with Crippen molar-refractivity contribution in [1.82, 2.24) is 5.32 Å². The number of nitrogens with one attached hydrogen (secondary N) is 1. The summed E-state index contributed by atoms with van der Waals surface area (Å²) in [5, 5.41) is 3.29. The van der Waals surface area contributed by atoms with Gasteiger partial charge in [-0.15, -0.1) is 0 Å². The third-order valence-corrected chi connectivity index (χ3v) is 3.15. The molecule has 0 saturated heterocycles. The van der Waals surface area contributed by atoms with E-state index in [1.54, 1.807) is 0 Å². The van der Waals surface area contributed by atoms with Gasteiger partial charge in [0.15, 0.2) is 0 Å². The van der Waals surface area contributed by atoms with E-state index in [2.05, 4.69) is 29.6 Å². The van der Waals surface area contributed by atoms with Crippen LogP contribution in [0.2, 0.25) is 0 Å². The maximum absolute atomic E-state index is 11.1. The Morgan fingerprint density at radius 2 is 1.89 bits per heavy atom. The highest BCUT2D eigenvalue weighted by atomic mass is 16.1. The van der Waals surface area contributed by atoms with Crippen LogP contribution in [0.4, 0.5) is 0 Å². The molecule has 1 amide bonds. The van der Waals surface area contributed by atoms with Gasteiger partial charge in [-0.2, -0.15) is 0 Å². The highest BCUT2D eigenvalue weighted by molar-refractivity contribution is 5.80. The van der Waals surface area contributed by atoms with E-state index >= 15 is 0 Å². The van der Waals surface area contributed by atoms with Crippen molar-refractivity contribution >= 4 is 5.91 Å². The average Bonchev–Trinajstić information content (AvgIpc) is 2.34. The number of nitrogens with two attached hydrogens (primary N) is 1. The van der Waals surface area contributed by atoms with Gasteiger partial charge in [-0.25, -0.2) is 0 Å². The van der Waals surface area contributed by atoms with E-state index < -0.39 is 5.41 Å². The lowest BCUT2D eigenvalue weighted by Crippen LogP contribution is -2.40. The Kier molecular flexibility index (Phi) is 5.86. The molecule has 3 nitrogen and oxygen atoms in total. The van der Waals surface area contributed by atoms with Crippen LogP contribution in [0.5, 0.6) is 0 Å². The molecule has 1 aromatic rings. The Morgan fingerprint density at radius 1 is 1.22 bits per heavy atom. The van der Waals surface area contributed by atoms with Crippen molar-refractivity contribution in [2.24, 2.45) is 11.1 Å². The minimum atomic E-state index is -0.459. The summed E-state index contributed by atoms with van der Waals surface area (Å²) in [5.74, 6) is -0.251. The number of hydrogen-bond acceptors (Lipinski definition) is 2. The van der Waals surface area contributed by atoms with Crippen LogP contribution >= 0.6 is 0 Å². The molecule has 0 unspecified atom stereocenters. The van der Waals surface area contributed by atoms with Crippen LogP contribution in [0.1, 0.15) is 32.3 Å². The molecule has 0 spiro atoms. The Labute approximate surface area is 110 Å². The SMILES string of the molecule is CC(C)(CNCCCCc1ccccc1)C(N)=O. The zero-order valence-corrected chi connectivity index (χ0v) is 11.4. The molecule has 3 N–H and O–H groups in total. The Bertz CT molecular complexity index is 360. The molecule has 0 fully saturated rings. The van der Waals surface area contributed by atoms with Crippen molar-refractivity contribution in [1.29, 1.82) is 0 Å². The van der Waals surface area contributed by atoms with E-state index in [1.807, 2.05) is 19.9 Å². The van der Waals surface area contributed by atoms with Gasteiger partial charge in [0.1, 0.15) is 0 Å². The first-order valence-electron chi connectivity index (χ1n) is 6.57. The molecule has 1 aromatic carbocycles. The monoisotopic (exact) mass is 248 g/mol. The standard InChI is InChI=1S/C15H24N2O/c1-15(2,14(16)18)12-17-11-7-6-10-13-8-4-3-5-9-13/h3-5,8-9,17H,6-7,10-12H2,1-2H3,(H2,16,18). The van der Waals surface area contributed by atoms with Crippen molar-refractivity contribution < 1.29 is 4.79 Å². The largest absolute Gasteiger partial charge is 0.369 e. The first kappa shape index (κ1) is 14.7. The van der Waals surface area contributed by atoms with Crippen molar-refractivity contribution in [2.45, 2.75) is 33.1 Å². The summed E-state index contributed by atoms with van der Waals surface area (Å²) in [5.41, 5.74) is 6.23. The first-order chi connectivity index (χ1) is 8.52. The number of hydrogen-bond donors (Lipinski definition) is 2. The van der Waals surface area contributed by atoms with Crippen molar-refractivity contribution in [3.8, 4) is 0 Å². The normalized spacial score (nSPS) is 11.4. The minimum Gasteiger partial charge on any atom is -0.369 e. The maximum atomic E-state index is 11.1. The summed E-state index contributed by atoms with van der Waals surface area (Å²) < 4.78 is 0. The van der Waals surface area contributed by atoms with Gasteiger partial charge in [0.25, 0.3) is 0 Å². The molecule has 0 aliphatic rings. The number of carbonyl (C=O) groups is 1. The second kappa shape index (κ2) is 7.17. The summed E-state index contributed by atoms with van der Waals surface area (Å²) in [6.07, 6.45) is 3.39. The van der Waals surface area contributed by atoms with E-state index in [0.717, 1.165) is 25.8 Å². The van der Waals surface area contributed by atoms with Gasteiger partial charge in [-0.05, 0) is 45.2 Å². The number of carbonyl (C=O) groups excluding carboxylic acids is 1. The predicted octanol–water partition coefficient (Wildman–Crippen LogP) is 2.11. The molecule has 1 rings (SSSR count). The van der Waals surface area contributed by atoms with Gasteiger partial charge in [0.2, 0.25) is 5.91 Å². The molecule has 0 radical (unpaired) electrons. The number of amides is 1. The first-order valence-corrected chi connectivity index (χ1v) is 6.57. The Hall–Kier alpha value is -1.35. The second-order valence-corrected chi connectivity index (χ2v) is 5.37. The summed E-state index contributed by atoms with van der Waals surface area (Å²) in [4.78, 5) is 11.1. The van der Waals surface area contributed by atoms with Crippen LogP contribution in [-0.4, -0.2) is 19.0 Å². The van der Waals surface area contributed by atoms with Crippen LogP contribution in [0.15, 0.2) is 30.3 Å². The lowest BCUT2D eigenvalue weighted by molar-refractivity contribution is -0.125. The van der Waals surface area contributed by atoms with E-state index in [4.69, 9.17) is 5.73 Å². The van der Waals surface area contributed by atoms with Crippen LogP contribution in [0, 0.1) is 5.41 Å². The predicted molar refractivity (Wildman–Crippen MR) is 75.2 cm³/mol. The number of benzene rings is 1. The number of aryl methyl sites for hydroxylation is 1. The average molecular weight is 248 g/mol. The van der Waals surface area contributed by atoms with Gasteiger partial charge in [-0.3, -0.25) is 4.79 Å². The molecule has 100 valence electrons. The summed E-state index contributed by atoms with van der Waals surface area (Å²) in [7, 11) is 0. The van der Waals surface area contributed by atoms with Crippen molar-refractivity contribution in [2.75, 3.05) is 13.1 Å². The summed E-state index contributed by atoms with van der Waals surface area (Å²) >= 11 is 0. The highest BCUT2D eigenvalue weighted by Crippen LogP contribution is 2.11. The van der Waals surface area contributed by atoms with Crippen LogP contribution in [0.3, 0.4) is 0 Å². The summed E-state index contributed by atoms with van der Waals surface area (Å²) in [6, 6.07) is 10.5. The van der Waals surface area contributed by atoms with E-state index in [9.17, 15) is 4.79 Å². The molecule has 0 aromatic heterocycles. The number of unbranched alkanes of at least 4 members (excludes halogenated alkanes) is 1. The molecule has 0 saturated carbocycles. The van der Waals surface area contributed by atoms with Crippen LogP contribution < -0.4 is 11.1 Å². The van der Waals surface area contributed by atoms with Crippen LogP contribution in [-0.2, 0) is 11.2 Å². The van der Waals surface area contributed by atoms with Gasteiger partial charge in [-0.1, -0.05) is 30.3 Å². The van der Waals surface area contributed by atoms with Gasteiger partial charge >= 0.3 is 0 Å². The lowest BCUT2D eigenvalue weighted by Gasteiger charge is -2.20. The third-order valence-electron chi connectivity index (χ3n) is 3.15. The molecule has 0 aliphatic carbocycles. The number of rotatable bonds is 8. The smallest absolute Gasteiger partial charge is 0.224 e. The fourth-order valence-corrected chi connectivity index (χ4v) is 1.71. The van der Waals surface area contributed by atoms with Gasteiger partial charge in [0, 0.05) is 6.54 Å². The third kappa shape index (κ3) is 5.32.